The van der Waals surface area contributed by atoms with Crippen LogP contribution in [-0.2, 0) is 12.3 Å². The van der Waals surface area contributed by atoms with Gasteiger partial charge in [-0.25, -0.2) is 4.98 Å². The molecule has 0 bridgehead atoms. The van der Waals surface area contributed by atoms with Crippen LogP contribution >= 0.6 is 50.6 Å². The number of halogens is 2. The second-order valence-electron chi connectivity index (χ2n) is 6.71. The first kappa shape index (κ1) is 22.3. The SMILES string of the molecule is CCn1c(SCc2csc(-c3ccccc3Cl)n2)nnc1C(C)Oc1ccc(Br)cc1. The molecule has 4 aromatic rings. The quantitative estimate of drug-likeness (QED) is 0.222. The molecule has 0 N–H and O–H groups in total. The van der Waals surface area contributed by atoms with E-state index < -0.39 is 0 Å². The van der Waals surface area contributed by atoms with Gasteiger partial charge in [0.05, 0.1) is 10.7 Å². The number of thiazole rings is 1. The zero-order valence-electron chi connectivity index (χ0n) is 17.0. The van der Waals surface area contributed by atoms with Crippen molar-refractivity contribution in [3.05, 3.63) is 74.9 Å². The molecule has 4 rings (SSSR count). The van der Waals surface area contributed by atoms with Crippen LogP contribution in [0, 0.1) is 0 Å². The van der Waals surface area contributed by atoms with Gasteiger partial charge in [-0.05, 0) is 44.2 Å². The summed E-state index contributed by atoms with van der Waals surface area (Å²) in [6, 6.07) is 15.5. The number of hydrogen-bond donors (Lipinski definition) is 0. The maximum absolute atomic E-state index is 6.30. The fourth-order valence-electron chi connectivity index (χ4n) is 3.04. The molecule has 2 aromatic carbocycles. The van der Waals surface area contributed by atoms with Gasteiger partial charge in [0.15, 0.2) is 17.1 Å². The van der Waals surface area contributed by atoms with Crippen molar-refractivity contribution >= 4 is 50.6 Å². The third-order valence-corrected chi connectivity index (χ3v) is 7.34. The summed E-state index contributed by atoms with van der Waals surface area (Å²) in [6.45, 7) is 4.84. The minimum atomic E-state index is -0.214. The Kier molecular flexibility index (Phi) is 7.32. The highest BCUT2D eigenvalue weighted by Crippen LogP contribution is 2.32. The predicted molar refractivity (Wildman–Crippen MR) is 131 cm³/mol. The maximum atomic E-state index is 6.30. The molecule has 31 heavy (non-hydrogen) atoms. The Labute approximate surface area is 203 Å². The standard InChI is InChI=1S/C22H20BrClN4OS2/c1-3-28-20(14(2)29-17-10-8-15(23)9-11-17)26-27-22(28)31-13-16-12-30-21(25-16)18-6-4-5-7-19(18)24/h4-12,14H,3,13H2,1-2H3. The Balaban J connectivity index is 1.44. The number of nitrogens with zero attached hydrogens (tertiary/aromatic N) is 4. The van der Waals surface area contributed by atoms with Crippen LogP contribution < -0.4 is 4.74 Å². The minimum Gasteiger partial charge on any atom is -0.483 e. The Hall–Kier alpha value is -1.87. The molecule has 0 radical (unpaired) electrons. The monoisotopic (exact) mass is 534 g/mol. The molecule has 0 aliphatic carbocycles. The van der Waals surface area contributed by atoms with Gasteiger partial charge in [-0.1, -0.05) is 57.5 Å². The van der Waals surface area contributed by atoms with E-state index in [1.165, 1.54) is 0 Å². The van der Waals surface area contributed by atoms with E-state index >= 15 is 0 Å². The molecular formula is C22H20BrClN4OS2. The first-order valence-electron chi connectivity index (χ1n) is 9.72. The van der Waals surface area contributed by atoms with Crippen molar-refractivity contribution < 1.29 is 4.74 Å². The fraction of sp³-hybridized carbons (Fsp3) is 0.227. The number of thioether (sulfide) groups is 1. The summed E-state index contributed by atoms with van der Waals surface area (Å²) in [7, 11) is 0. The number of ether oxygens (including phenoxy) is 1. The van der Waals surface area contributed by atoms with Crippen molar-refractivity contribution in [1.29, 1.82) is 0 Å². The summed E-state index contributed by atoms with van der Waals surface area (Å²) < 4.78 is 9.17. The molecule has 1 atom stereocenters. The van der Waals surface area contributed by atoms with Crippen LogP contribution in [0.4, 0.5) is 0 Å². The molecule has 0 spiro atoms. The van der Waals surface area contributed by atoms with Gasteiger partial charge in [-0.15, -0.1) is 21.5 Å². The Morgan fingerprint density at radius 1 is 1.16 bits per heavy atom. The van der Waals surface area contributed by atoms with E-state index in [0.29, 0.717) is 10.8 Å². The van der Waals surface area contributed by atoms with E-state index in [2.05, 4.69) is 43.0 Å². The highest BCUT2D eigenvalue weighted by atomic mass is 79.9. The van der Waals surface area contributed by atoms with Gasteiger partial charge in [0, 0.05) is 27.7 Å². The first-order chi connectivity index (χ1) is 15.0. The van der Waals surface area contributed by atoms with E-state index in [4.69, 9.17) is 21.3 Å². The second-order valence-corrected chi connectivity index (χ2v) is 9.84. The van der Waals surface area contributed by atoms with Crippen LogP contribution in [0.3, 0.4) is 0 Å². The molecular weight excluding hydrogens is 516 g/mol. The van der Waals surface area contributed by atoms with Gasteiger partial charge in [-0.3, -0.25) is 0 Å². The van der Waals surface area contributed by atoms with E-state index in [0.717, 1.165) is 44.0 Å². The molecule has 1 unspecified atom stereocenters. The summed E-state index contributed by atoms with van der Waals surface area (Å²) in [5.41, 5.74) is 1.96. The molecule has 2 aromatic heterocycles. The maximum Gasteiger partial charge on any atom is 0.191 e. The third kappa shape index (κ3) is 5.31. The number of hydrogen-bond acceptors (Lipinski definition) is 6. The molecule has 0 aliphatic rings. The van der Waals surface area contributed by atoms with Crippen LogP contribution in [0.5, 0.6) is 5.75 Å². The van der Waals surface area contributed by atoms with Crippen molar-refractivity contribution in [3.8, 4) is 16.3 Å². The highest BCUT2D eigenvalue weighted by molar-refractivity contribution is 9.10. The zero-order valence-corrected chi connectivity index (χ0v) is 20.9. The van der Waals surface area contributed by atoms with Gasteiger partial charge in [0.25, 0.3) is 0 Å². The predicted octanol–water partition coefficient (Wildman–Crippen LogP) is 7.27. The molecule has 0 saturated heterocycles. The van der Waals surface area contributed by atoms with E-state index in [9.17, 15) is 0 Å². The molecule has 0 saturated carbocycles. The van der Waals surface area contributed by atoms with E-state index in [1.807, 2.05) is 55.5 Å². The number of rotatable bonds is 8. The fourth-order valence-corrected chi connectivity index (χ4v) is 5.46. The Morgan fingerprint density at radius 2 is 1.94 bits per heavy atom. The van der Waals surface area contributed by atoms with Gasteiger partial charge < -0.3 is 9.30 Å². The average molecular weight is 536 g/mol. The molecule has 160 valence electrons. The normalized spacial score (nSPS) is 12.1. The van der Waals surface area contributed by atoms with Gasteiger partial charge in [0.1, 0.15) is 10.8 Å². The van der Waals surface area contributed by atoms with Crippen molar-refractivity contribution in [3.63, 3.8) is 0 Å². The van der Waals surface area contributed by atoms with Gasteiger partial charge in [-0.2, -0.15) is 0 Å². The highest BCUT2D eigenvalue weighted by Gasteiger charge is 2.19. The zero-order chi connectivity index (χ0) is 21.8. The van der Waals surface area contributed by atoms with Crippen molar-refractivity contribution in [2.45, 2.75) is 37.4 Å². The average Bonchev–Trinajstić information content (AvgIpc) is 3.41. The lowest BCUT2D eigenvalue weighted by molar-refractivity contribution is 0.210. The van der Waals surface area contributed by atoms with Crippen molar-refractivity contribution in [1.82, 2.24) is 19.7 Å². The first-order valence-corrected chi connectivity index (χ1v) is 12.8. The van der Waals surface area contributed by atoms with Gasteiger partial charge >= 0.3 is 0 Å². The molecule has 9 heteroatoms. The second kappa shape index (κ2) is 10.2. The van der Waals surface area contributed by atoms with Crippen molar-refractivity contribution in [2.24, 2.45) is 0 Å². The summed E-state index contributed by atoms with van der Waals surface area (Å²) in [5.74, 6) is 2.31. The van der Waals surface area contributed by atoms with Gasteiger partial charge in [0.2, 0.25) is 0 Å². The smallest absolute Gasteiger partial charge is 0.191 e. The molecule has 2 heterocycles. The lowest BCUT2D eigenvalue weighted by atomic mass is 10.2. The lowest BCUT2D eigenvalue weighted by Crippen LogP contribution is -2.11. The summed E-state index contributed by atoms with van der Waals surface area (Å²) in [6.07, 6.45) is -0.214. The van der Waals surface area contributed by atoms with Crippen LogP contribution in [-0.4, -0.2) is 19.7 Å². The van der Waals surface area contributed by atoms with Crippen LogP contribution in [0.15, 0.2) is 63.5 Å². The lowest BCUT2D eigenvalue weighted by Gasteiger charge is -2.15. The number of benzene rings is 2. The summed E-state index contributed by atoms with van der Waals surface area (Å²) in [4.78, 5) is 4.74. The third-order valence-electron chi connectivity index (χ3n) is 4.56. The van der Waals surface area contributed by atoms with E-state index in [1.54, 1.807) is 23.1 Å². The molecule has 0 amide bonds. The summed E-state index contributed by atoms with van der Waals surface area (Å²) in [5, 5.41) is 13.4. The molecule has 5 nitrogen and oxygen atoms in total. The Morgan fingerprint density at radius 3 is 2.68 bits per heavy atom. The minimum absolute atomic E-state index is 0.214. The molecule has 0 aliphatic heterocycles. The molecule has 0 fully saturated rings. The van der Waals surface area contributed by atoms with Crippen LogP contribution in [0.1, 0.15) is 31.5 Å². The topological polar surface area (TPSA) is 52.8 Å². The summed E-state index contributed by atoms with van der Waals surface area (Å²) >= 11 is 13.0. The van der Waals surface area contributed by atoms with E-state index in [-0.39, 0.29) is 6.10 Å². The van der Waals surface area contributed by atoms with Crippen LogP contribution in [0.2, 0.25) is 5.02 Å². The number of aromatic nitrogens is 4. The Bertz CT molecular complexity index is 1160. The van der Waals surface area contributed by atoms with Crippen molar-refractivity contribution in [2.75, 3.05) is 0 Å². The van der Waals surface area contributed by atoms with Crippen LogP contribution in [0.25, 0.3) is 10.6 Å². The largest absolute Gasteiger partial charge is 0.483 e.